The van der Waals surface area contributed by atoms with Gasteiger partial charge in [0.05, 0.1) is 11.8 Å². The third kappa shape index (κ3) is 3.61. The first-order chi connectivity index (χ1) is 7.86. The van der Waals surface area contributed by atoms with Crippen LogP contribution < -0.4 is 15.6 Å². The van der Waals surface area contributed by atoms with E-state index in [2.05, 4.69) is 0 Å². The van der Waals surface area contributed by atoms with Crippen molar-refractivity contribution in [2.75, 3.05) is 5.73 Å². The highest BCUT2D eigenvalue weighted by molar-refractivity contribution is 7.89. The largest absolute Gasteiger partial charge is 0.489 e. The summed E-state index contributed by atoms with van der Waals surface area (Å²) in [6.45, 7) is 3.95. The molecule has 1 rings (SSSR count). The Bertz CT molecular complexity index is 485. The minimum absolute atomic E-state index is 0.0157. The number of primary sulfonamides is 1. The first kappa shape index (κ1) is 13.8. The number of benzene rings is 1. The molecule has 0 aromatic heterocycles. The lowest BCUT2D eigenvalue weighted by Crippen LogP contribution is -2.17. The van der Waals surface area contributed by atoms with E-state index in [-0.39, 0.29) is 16.7 Å². The topological polar surface area (TPSA) is 95.4 Å². The van der Waals surface area contributed by atoms with Crippen LogP contribution in [0.4, 0.5) is 5.69 Å². The molecule has 0 radical (unpaired) electrons. The molecule has 0 amide bonds. The molecule has 1 aromatic carbocycles. The second-order valence-corrected chi connectivity index (χ2v) is 5.46. The maximum atomic E-state index is 11.3. The number of sulfonamides is 1. The van der Waals surface area contributed by atoms with Gasteiger partial charge in [0.1, 0.15) is 10.6 Å². The minimum atomic E-state index is -3.81. The van der Waals surface area contributed by atoms with Gasteiger partial charge >= 0.3 is 0 Å². The Hall–Kier alpha value is -1.27. The molecule has 1 unspecified atom stereocenters. The monoisotopic (exact) mass is 258 g/mol. The number of nitrogens with two attached hydrogens (primary N) is 2. The van der Waals surface area contributed by atoms with Gasteiger partial charge in [-0.15, -0.1) is 0 Å². The maximum absolute atomic E-state index is 11.3. The van der Waals surface area contributed by atoms with Gasteiger partial charge in [-0.1, -0.05) is 19.4 Å². The van der Waals surface area contributed by atoms with Crippen LogP contribution in [0.15, 0.2) is 23.1 Å². The van der Waals surface area contributed by atoms with Gasteiger partial charge in [0.2, 0.25) is 10.0 Å². The zero-order valence-corrected chi connectivity index (χ0v) is 10.8. The Morgan fingerprint density at radius 3 is 2.59 bits per heavy atom. The Balaban J connectivity index is 3.03. The standard InChI is InChI=1S/C11H18N2O3S/c1-3-5-8(2)16-9-6-4-7-10(11(9)12)17(13,14)15/h4,6-8H,3,5,12H2,1-2H3,(H2,13,14,15). The average molecular weight is 258 g/mol. The number of nitrogen functional groups attached to an aromatic ring is 1. The normalized spacial score (nSPS) is 13.4. The fourth-order valence-electron chi connectivity index (χ4n) is 1.56. The zero-order valence-electron chi connectivity index (χ0n) is 10.0. The number of hydrogen-bond donors (Lipinski definition) is 2. The van der Waals surface area contributed by atoms with Crippen molar-refractivity contribution in [3.8, 4) is 5.75 Å². The van der Waals surface area contributed by atoms with Crippen LogP contribution in [0, 0.1) is 0 Å². The van der Waals surface area contributed by atoms with Crippen molar-refractivity contribution < 1.29 is 13.2 Å². The molecule has 0 saturated carbocycles. The SMILES string of the molecule is CCCC(C)Oc1cccc(S(N)(=O)=O)c1N. The molecule has 1 aromatic rings. The van der Waals surface area contributed by atoms with Crippen molar-refractivity contribution in [1.29, 1.82) is 0 Å². The van der Waals surface area contributed by atoms with Crippen molar-refractivity contribution in [1.82, 2.24) is 0 Å². The van der Waals surface area contributed by atoms with Crippen molar-refractivity contribution >= 4 is 15.7 Å². The smallest absolute Gasteiger partial charge is 0.240 e. The van der Waals surface area contributed by atoms with Gasteiger partial charge in [-0.3, -0.25) is 0 Å². The van der Waals surface area contributed by atoms with Crippen LogP contribution in [0.25, 0.3) is 0 Å². The fourth-order valence-corrected chi connectivity index (χ4v) is 2.23. The minimum Gasteiger partial charge on any atom is -0.489 e. The Kier molecular flexibility index (Phi) is 4.36. The van der Waals surface area contributed by atoms with Crippen LogP contribution in [0.5, 0.6) is 5.75 Å². The summed E-state index contributed by atoms with van der Waals surface area (Å²) in [6.07, 6.45) is 1.84. The quantitative estimate of drug-likeness (QED) is 0.782. The molecular formula is C11H18N2O3S. The summed E-state index contributed by atoms with van der Waals surface area (Å²) in [5.41, 5.74) is 5.80. The Morgan fingerprint density at radius 2 is 2.06 bits per heavy atom. The van der Waals surface area contributed by atoms with Crippen LogP contribution in [-0.2, 0) is 10.0 Å². The van der Waals surface area contributed by atoms with E-state index in [1.165, 1.54) is 6.07 Å². The van der Waals surface area contributed by atoms with Gasteiger partial charge in [-0.05, 0) is 25.5 Å². The van der Waals surface area contributed by atoms with E-state index in [0.717, 1.165) is 12.8 Å². The fraction of sp³-hybridized carbons (Fsp3) is 0.455. The highest BCUT2D eigenvalue weighted by Gasteiger charge is 2.16. The van der Waals surface area contributed by atoms with Gasteiger partial charge < -0.3 is 10.5 Å². The number of ether oxygens (including phenoxy) is 1. The molecule has 4 N–H and O–H groups in total. The van der Waals surface area contributed by atoms with Gasteiger partial charge in [0, 0.05) is 0 Å². The molecule has 0 aliphatic rings. The summed E-state index contributed by atoms with van der Waals surface area (Å²) in [6, 6.07) is 4.56. The first-order valence-corrected chi connectivity index (χ1v) is 6.98. The summed E-state index contributed by atoms with van der Waals surface area (Å²) in [4.78, 5) is -0.0984. The van der Waals surface area contributed by atoms with Crippen LogP contribution >= 0.6 is 0 Å². The highest BCUT2D eigenvalue weighted by Crippen LogP contribution is 2.29. The molecule has 0 fully saturated rings. The number of rotatable bonds is 5. The van der Waals surface area contributed by atoms with Gasteiger partial charge in [0.25, 0.3) is 0 Å². The van der Waals surface area contributed by atoms with E-state index in [4.69, 9.17) is 15.6 Å². The first-order valence-electron chi connectivity index (χ1n) is 5.44. The van der Waals surface area contributed by atoms with E-state index >= 15 is 0 Å². The van der Waals surface area contributed by atoms with Crippen LogP contribution in [0.3, 0.4) is 0 Å². The van der Waals surface area contributed by atoms with Gasteiger partial charge in [-0.25, -0.2) is 13.6 Å². The van der Waals surface area contributed by atoms with Crippen molar-refractivity contribution in [2.45, 2.75) is 37.7 Å². The lowest BCUT2D eigenvalue weighted by Gasteiger charge is -2.16. The van der Waals surface area contributed by atoms with Crippen molar-refractivity contribution in [2.24, 2.45) is 5.14 Å². The van der Waals surface area contributed by atoms with Gasteiger partial charge in [-0.2, -0.15) is 0 Å². The second-order valence-electron chi connectivity index (χ2n) is 3.93. The molecule has 17 heavy (non-hydrogen) atoms. The summed E-state index contributed by atoms with van der Waals surface area (Å²) >= 11 is 0. The zero-order chi connectivity index (χ0) is 13.1. The van der Waals surface area contributed by atoms with Crippen molar-refractivity contribution in [3.05, 3.63) is 18.2 Å². The molecule has 0 heterocycles. The number of para-hydroxylation sites is 1. The van der Waals surface area contributed by atoms with Crippen LogP contribution in [-0.4, -0.2) is 14.5 Å². The summed E-state index contributed by atoms with van der Waals surface area (Å²) in [5.74, 6) is 0.359. The predicted octanol–water partition coefficient (Wildman–Crippen LogP) is 1.48. The lowest BCUT2D eigenvalue weighted by molar-refractivity contribution is 0.211. The molecule has 96 valence electrons. The second kappa shape index (κ2) is 5.37. The predicted molar refractivity (Wildman–Crippen MR) is 67.2 cm³/mol. The molecular weight excluding hydrogens is 240 g/mol. The number of hydrogen-bond acceptors (Lipinski definition) is 4. The molecule has 5 nitrogen and oxygen atoms in total. The molecule has 0 bridgehead atoms. The molecule has 1 atom stereocenters. The van der Waals surface area contributed by atoms with E-state index < -0.39 is 10.0 Å². The Labute approximate surface area is 102 Å². The van der Waals surface area contributed by atoms with Gasteiger partial charge in [0.15, 0.2) is 0 Å². The molecule has 0 saturated heterocycles. The Morgan fingerprint density at radius 1 is 1.41 bits per heavy atom. The van der Waals surface area contributed by atoms with E-state index in [1.54, 1.807) is 12.1 Å². The summed E-state index contributed by atoms with van der Waals surface area (Å²) in [5, 5.41) is 5.05. The highest BCUT2D eigenvalue weighted by atomic mass is 32.2. The molecule has 0 spiro atoms. The summed E-state index contributed by atoms with van der Waals surface area (Å²) < 4.78 is 28.1. The van der Waals surface area contributed by atoms with E-state index in [1.807, 2.05) is 13.8 Å². The number of anilines is 1. The lowest BCUT2D eigenvalue weighted by atomic mass is 10.2. The van der Waals surface area contributed by atoms with Crippen LogP contribution in [0.2, 0.25) is 0 Å². The van der Waals surface area contributed by atoms with Crippen molar-refractivity contribution in [3.63, 3.8) is 0 Å². The third-order valence-corrected chi connectivity index (χ3v) is 3.33. The maximum Gasteiger partial charge on any atom is 0.240 e. The van der Waals surface area contributed by atoms with Crippen LogP contribution in [0.1, 0.15) is 26.7 Å². The van der Waals surface area contributed by atoms with E-state index in [9.17, 15) is 8.42 Å². The summed E-state index contributed by atoms with van der Waals surface area (Å²) in [7, 11) is -3.81. The third-order valence-electron chi connectivity index (χ3n) is 2.36. The average Bonchev–Trinajstić information content (AvgIpc) is 2.19. The van der Waals surface area contributed by atoms with E-state index in [0.29, 0.717) is 5.75 Å². The molecule has 6 heteroatoms. The molecule has 0 aliphatic heterocycles. The molecule has 0 aliphatic carbocycles.